The van der Waals surface area contributed by atoms with E-state index < -0.39 is 11.2 Å². The first-order valence-electron chi connectivity index (χ1n) is 12.2. The number of hydrogen-bond donors (Lipinski definition) is 0. The van der Waals surface area contributed by atoms with Gasteiger partial charge >= 0.3 is 0 Å². The molecule has 1 aliphatic heterocycles. The number of allylic oxidation sites excluding steroid dienone is 1. The smallest absolute Gasteiger partial charge is 0.269 e. The van der Waals surface area contributed by atoms with Crippen LogP contribution in [0.15, 0.2) is 59.5 Å². The predicted octanol–water partition coefficient (Wildman–Crippen LogP) is 5.91. The van der Waals surface area contributed by atoms with E-state index >= 15 is 0 Å². The highest BCUT2D eigenvalue weighted by atomic mass is 35.5. The molecule has 0 saturated carbocycles. The molecule has 39 heavy (non-hydrogen) atoms. The number of fused-ring (bicyclic) bond motifs is 2. The minimum absolute atomic E-state index is 0.0375. The molecule has 3 heterocycles. The summed E-state index contributed by atoms with van der Waals surface area (Å²) in [6, 6.07) is 12.0. The number of ether oxygens (including phenoxy) is 2. The molecular formula is C27H26ClN5O5S. The van der Waals surface area contributed by atoms with E-state index in [4.69, 9.17) is 31.2 Å². The molecule has 0 N–H and O–H groups in total. The van der Waals surface area contributed by atoms with Crippen LogP contribution < -0.4 is 4.74 Å². The first-order chi connectivity index (χ1) is 18.7. The van der Waals surface area contributed by atoms with Crippen LogP contribution in [0.2, 0.25) is 5.02 Å². The van der Waals surface area contributed by atoms with Crippen molar-refractivity contribution in [2.24, 2.45) is 0 Å². The highest BCUT2D eigenvalue weighted by molar-refractivity contribution is 7.97. The molecular weight excluding hydrogens is 542 g/mol. The average molecular weight is 568 g/mol. The number of carbonyl (C=O) groups excluding carboxylic acids is 1. The molecule has 2 atom stereocenters. The largest absolute Gasteiger partial charge is 0.497 e. The lowest BCUT2D eigenvalue weighted by molar-refractivity contribution is -0.384. The van der Waals surface area contributed by atoms with E-state index in [0.29, 0.717) is 41.4 Å². The van der Waals surface area contributed by atoms with Gasteiger partial charge in [0.1, 0.15) is 11.5 Å². The molecule has 2 aromatic heterocycles. The van der Waals surface area contributed by atoms with Crippen molar-refractivity contribution in [1.82, 2.24) is 19.1 Å². The Morgan fingerprint density at radius 2 is 2.05 bits per heavy atom. The number of Topliss-reactive ketones (excluding diaryl/α,β-unsaturated/α-hetero) is 1. The highest BCUT2D eigenvalue weighted by Crippen LogP contribution is 2.37. The standard InChI is InChI=1S/C27H26ClN5O5S/c1-16(34)5-4-6-20-14-31(39-21-10-7-18(8-11-21)33(35)36)15-24(38-20)32-27-25(17(2)30-32)26(28)22-13-19(37-3)9-12-23(22)29-27/h4,6-13,20,24H,5,14-15H2,1-3H3/b6-4-/t20-,24-/m1/s1. The second kappa shape index (κ2) is 11.3. The Morgan fingerprint density at radius 3 is 2.74 bits per heavy atom. The zero-order chi connectivity index (χ0) is 27.7. The Hall–Kier alpha value is -3.51. The lowest BCUT2D eigenvalue weighted by Crippen LogP contribution is -2.42. The van der Waals surface area contributed by atoms with Crippen molar-refractivity contribution in [1.29, 1.82) is 0 Å². The van der Waals surface area contributed by atoms with Crippen molar-refractivity contribution in [2.75, 3.05) is 20.2 Å². The third-order valence-corrected chi connectivity index (χ3v) is 7.76. The van der Waals surface area contributed by atoms with Gasteiger partial charge in [-0.1, -0.05) is 23.8 Å². The number of hydrogen-bond acceptors (Lipinski definition) is 9. The van der Waals surface area contributed by atoms with Gasteiger partial charge in [-0.2, -0.15) is 5.10 Å². The summed E-state index contributed by atoms with van der Waals surface area (Å²) in [6.07, 6.45) is 3.18. The van der Waals surface area contributed by atoms with Gasteiger partial charge in [-0.3, -0.25) is 14.9 Å². The Bertz CT molecular complexity index is 1590. The SMILES string of the molecule is COc1ccc2nc3c(c(C)nn3[C@H]3CN(Sc4ccc([N+](=O)[O-])cc4)C[C@@H](/C=C\CC(C)=O)O3)c(Cl)c2c1. The summed E-state index contributed by atoms with van der Waals surface area (Å²) in [7, 11) is 1.60. The number of methoxy groups -OCH3 is 1. The van der Waals surface area contributed by atoms with Crippen LogP contribution in [0.3, 0.4) is 0 Å². The molecule has 0 spiro atoms. The molecule has 1 fully saturated rings. The number of nitro groups is 1. The average Bonchev–Trinajstić information content (AvgIpc) is 3.25. The number of carbonyl (C=O) groups is 1. The van der Waals surface area contributed by atoms with Crippen molar-refractivity contribution < 1.29 is 19.2 Å². The molecule has 0 aliphatic carbocycles. The summed E-state index contributed by atoms with van der Waals surface area (Å²) < 4.78 is 15.7. The van der Waals surface area contributed by atoms with Crippen LogP contribution in [0.25, 0.3) is 21.9 Å². The van der Waals surface area contributed by atoms with Crippen LogP contribution in [0.5, 0.6) is 5.75 Å². The highest BCUT2D eigenvalue weighted by Gasteiger charge is 2.31. The number of nitro benzene ring substituents is 1. The quantitative estimate of drug-likeness (QED) is 0.111. The van der Waals surface area contributed by atoms with E-state index in [1.54, 1.807) is 30.8 Å². The van der Waals surface area contributed by atoms with Gasteiger partial charge in [0, 0.05) is 35.4 Å². The number of rotatable bonds is 8. The van der Waals surface area contributed by atoms with Crippen LogP contribution in [0.4, 0.5) is 5.69 Å². The van der Waals surface area contributed by atoms with Gasteiger partial charge < -0.3 is 9.47 Å². The van der Waals surface area contributed by atoms with Crippen molar-refractivity contribution in [3.63, 3.8) is 0 Å². The fraction of sp³-hybridized carbons (Fsp3) is 0.296. The molecule has 0 radical (unpaired) electrons. The van der Waals surface area contributed by atoms with Crippen molar-refractivity contribution in [3.8, 4) is 5.75 Å². The number of ketones is 1. The maximum atomic E-state index is 11.5. The van der Waals surface area contributed by atoms with Crippen molar-refractivity contribution in [2.45, 2.75) is 37.5 Å². The number of halogens is 1. The van der Waals surface area contributed by atoms with E-state index in [1.165, 1.54) is 24.1 Å². The normalized spacial score (nSPS) is 18.3. The summed E-state index contributed by atoms with van der Waals surface area (Å²) >= 11 is 8.34. The van der Waals surface area contributed by atoms with Gasteiger partial charge in [-0.25, -0.2) is 14.0 Å². The van der Waals surface area contributed by atoms with Crippen LogP contribution in [0, 0.1) is 17.0 Å². The molecule has 12 heteroatoms. The zero-order valence-corrected chi connectivity index (χ0v) is 23.1. The van der Waals surface area contributed by atoms with Gasteiger partial charge in [0.2, 0.25) is 0 Å². The summed E-state index contributed by atoms with van der Waals surface area (Å²) in [5, 5.41) is 17.9. The van der Waals surface area contributed by atoms with E-state index in [2.05, 4.69) is 4.31 Å². The number of aryl methyl sites for hydroxylation is 1. The Kier molecular flexibility index (Phi) is 7.85. The molecule has 0 unspecified atom stereocenters. The lowest BCUT2D eigenvalue weighted by Gasteiger charge is -2.36. The first-order valence-corrected chi connectivity index (χ1v) is 13.4. The van der Waals surface area contributed by atoms with Crippen LogP contribution in [0.1, 0.15) is 25.3 Å². The monoisotopic (exact) mass is 567 g/mol. The van der Waals surface area contributed by atoms with Crippen LogP contribution in [-0.2, 0) is 9.53 Å². The number of non-ortho nitro benzene ring substituents is 1. The van der Waals surface area contributed by atoms with E-state index in [0.717, 1.165) is 21.4 Å². The number of morpholine rings is 1. The number of nitrogens with zero attached hydrogens (tertiary/aromatic N) is 5. The second-order valence-electron chi connectivity index (χ2n) is 9.19. The molecule has 4 aromatic rings. The third-order valence-electron chi connectivity index (χ3n) is 6.33. The zero-order valence-electron chi connectivity index (χ0n) is 21.5. The Balaban J connectivity index is 1.50. The Labute approximate surface area is 233 Å². The molecule has 0 bridgehead atoms. The fourth-order valence-corrected chi connectivity index (χ4v) is 5.83. The molecule has 5 rings (SSSR count). The second-order valence-corrected chi connectivity index (χ2v) is 10.7. The molecule has 10 nitrogen and oxygen atoms in total. The lowest BCUT2D eigenvalue weighted by atomic mass is 10.1. The molecule has 202 valence electrons. The summed E-state index contributed by atoms with van der Waals surface area (Å²) in [6.45, 7) is 4.44. The summed E-state index contributed by atoms with van der Waals surface area (Å²) in [4.78, 5) is 27.9. The van der Waals surface area contributed by atoms with Gasteiger partial charge in [-0.15, -0.1) is 0 Å². The molecule has 2 aromatic carbocycles. The fourth-order valence-electron chi connectivity index (χ4n) is 4.48. The van der Waals surface area contributed by atoms with E-state index in [9.17, 15) is 14.9 Å². The van der Waals surface area contributed by atoms with Gasteiger partial charge in [0.05, 0.1) is 46.3 Å². The topological polar surface area (TPSA) is 113 Å². The van der Waals surface area contributed by atoms with Gasteiger partial charge in [0.25, 0.3) is 5.69 Å². The summed E-state index contributed by atoms with van der Waals surface area (Å²) in [5.41, 5.74) is 2.07. The maximum Gasteiger partial charge on any atom is 0.269 e. The van der Waals surface area contributed by atoms with E-state index in [1.807, 2.05) is 37.3 Å². The minimum atomic E-state index is -0.508. The third kappa shape index (κ3) is 5.76. The van der Waals surface area contributed by atoms with Gasteiger partial charge in [0.15, 0.2) is 11.9 Å². The summed E-state index contributed by atoms with van der Waals surface area (Å²) in [5.74, 6) is 0.747. The van der Waals surface area contributed by atoms with E-state index in [-0.39, 0.29) is 17.6 Å². The number of pyridine rings is 1. The predicted molar refractivity (Wildman–Crippen MR) is 150 cm³/mol. The Morgan fingerprint density at radius 1 is 1.28 bits per heavy atom. The minimum Gasteiger partial charge on any atom is -0.497 e. The molecule has 1 saturated heterocycles. The molecule has 1 aliphatic rings. The molecule has 0 amide bonds. The number of aromatic nitrogens is 3. The van der Waals surface area contributed by atoms with Crippen molar-refractivity contribution >= 4 is 57.0 Å². The van der Waals surface area contributed by atoms with Crippen molar-refractivity contribution in [3.05, 3.63) is 75.4 Å². The van der Waals surface area contributed by atoms with Gasteiger partial charge in [-0.05, 0) is 56.1 Å². The van der Waals surface area contributed by atoms with Crippen LogP contribution >= 0.6 is 23.5 Å². The number of benzene rings is 2. The maximum absolute atomic E-state index is 11.5. The first kappa shape index (κ1) is 27.1. The van der Waals surface area contributed by atoms with Crippen LogP contribution in [-0.4, -0.2) is 56.1 Å².